The quantitative estimate of drug-likeness (QED) is 0.849. The molecule has 0 fully saturated rings. The van der Waals surface area contributed by atoms with Gasteiger partial charge in [-0.3, -0.25) is 4.79 Å². The highest BCUT2D eigenvalue weighted by molar-refractivity contribution is 6.30. The van der Waals surface area contributed by atoms with Crippen molar-refractivity contribution in [2.45, 2.75) is 25.8 Å². The molecule has 0 aliphatic heterocycles. The minimum absolute atomic E-state index is 0.400. The number of nitrogens with one attached hydrogen (secondary N) is 1. The number of benzene rings is 1. The Morgan fingerprint density at radius 1 is 1.35 bits per heavy atom. The van der Waals surface area contributed by atoms with Crippen molar-refractivity contribution in [3.63, 3.8) is 0 Å². The van der Waals surface area contributed by atoms with E-state index in [0.29, 0.717) is 23.4 Å². The van der Waals surface area contributed by atoms with Crippen LogP contribution in [-0.2, 0) is 4.79 Å². The van der Waals surface area contributed by atoms with E-state index >= 15 is 0 Å². The van der Waals surface area contributed by atoms with E-state index in [-0.39, 0.29) is 0 Å². The van der Waals surface area contributed by atoms with Gasteiger partial charge in [-0.1, -0.05) is 24.9 Å². The standard InChI is InChI=1S/C12H14ClNO3/c1-2-3-10(12(16)17)14-11(15)8-4-6-9(13)7-5-8/h4-7,10H,2-3H2,1H3,(H,14,15)(H,16,17). The molecule has 1 unspecified atom stereocenters. The van der Waals surface area contributed by atoms with Crippen LogP contribution in [-0.4, -0.2) is 23.0 Å². The van der Waals surface area contributed by atoms with E-state index in [1.807, 2.05) is 6.92 Å². The highest BCUT2D eigenvalue weighted by atomic mass is 35.5. The van der Waals surface area contributed by atoms with Crippen molar-refractivity contribution in [1.29, 1.82) is 0 Å². The average molecular weight is 256 g/mol. The van der Waals surface area contributed by atoms with Gasteiger partial charge in [0.05, 0.1) is 0 Å². The third-order valence-electron chi connectivity index (χ3n) is 2.29. The number of hydrogen-bond donors (Lipinski definition) is 2. The van der Waals surface area contributed by atoms with Crippen molar-refractivity contribution in [2.75, 3.05) is 0 Å². The van der Waals surface area contributed by atoms with E-state index in [1.165, 1.54) is 0 Å². The lowest BCUT2D eigenvalue weighted by Gasteiger charge is -2.13. The molecule has 92 valence electrons. The summed E-state index contributed by atoms with van der Waals surface area (Å²) in [6, 6.07) is 5.45. The Hall–Kier alpha value is -1.55. The van der Waals surface area contributed by atoms with Gasteiger partial charge in [0.2, 0.25) is 0 Å². The molecule has 1 aromatic carbocycles. The molecule has 0 spiro atoms. The summed E-state index contributed by atoms with van der Waals surface area (Å²) in [5, 5.41) is 11.9. The molecule has 1 aromatic rings. The van der Waals surface area contributed by atoms with Gasteiger partial charge in [-0.2, -0.15) is 0 Å². The molecule has 17 heavy (non-hydrogen) atoms. The Morgan fingerprint density at radius 3 is 2.41 bits per heavy atom. The summed E-state index contributed by atoms with van der Waals surface area (Å²) in [6.07, 6.45) is 1.10. The number of carboxylic acids is 1. The summed E-state index contributed by atoms with van der Waals surface area (Å²) in [5.74, 6) is -1.42. The summed E-state index contributed by atoms with van der Waals surface area (Å²) in [4.78, 5) is 22.6. The lowest BCUT2D eigenvalue weighted by molar-refractivity contribution is -0.139. The molecule has 0 saturated carbocycles. The average Bonchev–Trinajstić information content (AvgIpc) is 2.29. The summed E-state index contributed by atoms with van der Waals surface area (Å²) in [6.45, 7) is 1.87. The summed E-state index contributed by atoms with van der Waals surface area (Å²) < 4.78 is 0. The summed E-state index contributed by atoms with van der Waals surface area (Å²) >= 11 is 5.70. The molecule has 1 amide bonds. The van der Waals surface area contributed by atoms with Crippen molar-refractivity contribution in [1.82, 2.24) is 5.32 Å². The van der Waals surface area contributed by atoms with E-state index in [9.17, 15) is 9.59 Å². The fourth-order valence-electron chi connectivity index (χ4n) is 1.39. The number of amides is 1. The maximum atomic E-state index is 11.7. The van der Waals surface area contributed by atoms with E-state index in [2.05, 4.69) is 5.32 Å². The van der Waals surface area contributed by atoms with Gasteiger partial charge in [0.1, 0.15) is 6.04 Å². The van der Waals surface area contributed by atoms with Gasteiger partial charge in [-0.05, 0) is 30.7 Å². The second-order valence-electron chi connectivity index (χ2n) is 3.66. The van der Waals surface area contributed by atoms with Crippen LogP contribution in [0.2, 0.25) is 5.02 Å². The van der Waals surface area contributed by atoms with Crippen molar-refractivity contribution in [3.05, 3.63) is 34.9 Å². The number of hydrogen-bond acceptors (Lipinski definition) is 2. The smallest absolute Gasteiger partial charge is 0.326 e. The first-order valence-corrected chi connectivity index (χ1v) is 5.71. The summed E-state index contributed by atoms with van der Waals surface area (Å²) in [7, 11) is 0. The Balaban J connectivity index is 2.70. The number of carbonyl (C=O) groups is 2. The zero-order valence-electron chi connectivity index (χ0n) is 9.44. The van der Waals surface area contributed by atoms with Crippen LogP contribution in [0.3, 0.4) is 0 Å². The predicted octanol–water partition coefficient (Wildman–Crippen LogP) is 2.32. The Bertz CT molecular complexity index is 403. The van der Waals surface area contributed by atoms with Crippen molar-refractivity contribution in [2.24, 2.45) is 0 Å². The maximum Gasteiger partial charge on any atom is 0.326 e. The normalized spacial score (nSPS) is 11.9. The monoisotopic (exact) mass is 255 g/mol. The van der Waals surface area contributed by atoms with Crippen LogP contribution in [0.5, 0.6) is 0 Å². The van der Waals surface area contributed by atoms with Gasteiger partial charge in [-0.25, -0.2) is 4.79 Å². The van der Waals surface area contributed by atoms with Gasteiger partial charge in [0, 0.05) is 10.6 Å². The molecule has 2 N–H and O–H groups in total. The number of carboxylic acid groups (broad SMARTS) is 1. The second kappa shape index (κ2) is 6.25. The van der Waals surface area contributed by atoms with Crippen LogP contribution < -0.4 is 5.32 Å². The number of halogens is 1. The molecule has 0 aliphatic rings. The van der Waals surface area contributed by atoms with Crippen molar-refractivity contribution in [3.8, 4) is 0 Å². The van der Waals surface area contributed by atoms with E-state index in [1.54, 1.807) is 24.3 Å². The fourth-order valence-corrected chi connectivity index (χ4v) is 1.51. The van der Waals surface area contributed by atoms with Gasteiger partial charge in [0.15, 0.2) is 0 Å². The largest absolute Gasteiger partial charge is 0.480 e. The number of rotatable bonds is 5. The molecule has 5 heteroatoms. The van der Waals surface area contributed by atoms with Crippen molar-refractivity contribution < 1.29 is 14.7 Å². The van der Waals surface area contributed by atoms with E-state index < -0.39 is 17.9 Å². The lowest BCUT2D eigenvalue weighted by atomic mass is 10.1. The molecular formula is C12H14ClNO3. The van der Waals surface area contributed by atoms with Gasteiger partial charge in [-0.15, -0.1) is 0 Å². The second-order valence-corrected chi connectivity index (χ2v) is 4.10. The molecule has 4 nitrogen and oxygen atoms in total. The molecule has 0 heterocycles. The van der Waals surface area contributed by atoms with E-state index in [4.69, 9.17) is 16.7 Å². The summed E-state index contributed by atoms with van der Waals surface area (Å²) in [5.41, 5.74) is 0.400. The molecular weight excluding hydrogens is 242 g/mol. The van der Waals surface area contributed by atoms with Crippen LogP contribution >= 0.6 is 11.6 Å². The Morgan fingerprint density at radius 2 is 1.94 bits per heavy atom. The highest BCUT2D eigenvalue weighted by Crippen LogP contribution is 2.10. The molecule has 1 atom stereocenters. The highest BCUT2D eigenvalue weighted by Gasteiger charge is 2.19. The van der Waals surface area contributed by atoms with Gasteiger partial charge in [0.25, 0.3) is 5.91 Å². The molecule has 0 aliphatic carbocycles. The minimum atomic E-state index is -1.02. The third kappa shape index (κ3) is 4.07. The zero-order chi connectivity index (χ0) is 12.8. The lowest BCUT2D eigenvalue weighted by Crippen LogP contribution is -2.40. The van der Waals surface area contributed by atoms with Crippen LogP contribution in [0.1, 0.15) is 30.1 Å². The SMILES string of the molecule is CCCC(NC(=O)c1ccc(Cl)cc1)C(=O)O. The van der Waals surface area contributed by atoms with Crippen LogP contribution in [0, 0.1) is 0 Å². The predicted molar refractivity (Wildman–Crippen MR) is 65.3 cm³/mol. The molecule has 0 bridgehead atoms. The van der Waals surface area contributed by atoms with Crippen LogP contribution in [0.25, 0.3) is 0 Å². The molecule has 0 saturated heterocycles. The topological polar surface area (TPSA) is 66.4 Å². The maximum absolute atomic E-state index is 11.7. The number of carbonyl (C=O) groups excluding carboxylic acids is 1. The van der Waals surface area contributed by atoms with Gasteiger partial charge >= 0.3 is 5.97 Å². The van der Waals surface area contributed by atoms with Crippen LogP contribution in [0.15, 0.2) is 24.3 Å². The van der Waals surface area contributed by atoms with Crippen LogP contribution in [0.4, 0.5) is 0 Å². The van der Waals surface area contributed by atoms with Crippen molar-refractivity contribution >= 4 is 23.5 Å². The minimum Gasteiger partial charge on any atom is -0.480 e. The fraction of sp³-hybridized carbons (Fsp3) is 0.333. The van der Waals surface area contributed by atoms with E-state index in [0.717, 1.165) is 0 Å². The molecule has 1 rings (SSSR count). The number of aliphatic carboxylic acids is 1. The van der Waals surface area contributed by atoms with Gasteiger partial charge < -0.3 is 10.4 Å². The first-order valence-electron chi connectivity index (χ1n) is 5.33. The molecule has 0 aromatic heterocycles. The first kappa shape index (κ1) is 13.5. The Labute approximate surface area is 105 Å². The first-order chi connectivity index (χ1) is 8.04. The third-order valence-corrected chi connectivity index (χ3v) is 2.54. The zero-order valence-corrected chi connectivity index (χ0v) is 10.2. The molecule has 0 radical (unpaired) electrons. The Kier molecular flexibility index (Phi) is 4.97.